The number of hydrogen-bond donors (Lipinski definition) is 2. The minimum atomic E-state index is -3.94. The Morgan fingerprint density at radius 3 is 2.56 bits per heavy atom. The number of ketones is 1. The van der Waals surface area contributed by atoms with E-state index in [2.05, 4.69) is 20.6 Å². The summed E-state index contributed by atoms with van der Waals surface area (Å²) in [6, 6.07) is 7.83. The molecule has 0 bridgehead atoms. The summed E-state index contributed by atoms with van der Waals surface area (Å²) in [6.07, 6.45) is 0.794. The molecule has 0 aliphatic rings. The minimum Gasteiger partial charge on any atom is -0.504 e. The van der Waals surface area contributed by atoms with Gasteiger partial charge in [0.05, 0.1) is 4.90 Å². The minimum absolute atomic E-state index is 0.0320. The smallest absolute Gasteiger partial charge is 0.239 e. The SMILES string of the molecule is O=C(C=C(O)c1nn[nH]n1)c1ccc(S(=O)(=O)c2ccc(Cl)cc2)o1. The molecule has 0 amide bonds. The number of furan rings is 1. The zero-order valence-corrected chi connectivity index (χ0v) is 13.8. The van der Waals surface area contributed by atoms with Crippen molar-refractivity contribution in [3.05, 3.63) is 59.1 Å². The van der Waals surface area contributed by atoms with Crippen molar-refractivity contribution in [2.75, 3.05) is 0 Å². The zero-order chi connectivity index (χ0) is 18.0. The molecule has 0 spiro atoms. The Bertz CT molecular complexity index is 1040. The number of hydrogen-bond acceptors (Lipinski definition) is 8. The number of carbonyl (C=O) groups is 1. The van der Waals surface area contributed by atoms with Gasteiger partial charge in [-0.2, -0.15) is 5.21 Å². The Hall–Kier alpha value is -2.98. The molecule has 1 aromatic carbocycles. The van der Waals surface area contributed by atoms with Gasteiger partial charge in [0.2, 0.25) is 26.5 Å². The molecule has 0 aliphatic heterocycles. The number of benzene rings is 1. The van der Waals surface area contributed by atoms with Crippen LogP contribution in [-0.2, 0) is 9.84 Å². The number of nitrogens with one attached hydrogen (secondary N) is 1. The van der Waals surface area contributed by atoms with Gasteiger partial charge in [-0.05, 0) is 41.6 Å². The zero-order valence-electron chi connectivity index (χ0n) is 12.2. The van der Waals surface area contributed by atoms with Crippen LogP contribution in [0.15, 0.2) is 56.9 Å². The third-order valence-electron chi connectivity index (χ3n) is 3.06. The molecule has 2 N–H and O–H groups in total. The second-order valence-electron chi connectivity index (χ2n) is 4.71. The van der Waals surface area contributed by atoms with E-state index in [-0.39, 0.29) is 16.5 Å². The molecule has 25 heavy (non-hydrogen) atoms. The van der Waals surface area contributed by atoms with E-state index in [0.717, 1.165) is 12.1 Å². The van der Waals surface area contributed by atoms with Gasteiger partial charge < -0.3 is 9.52 Å². The summed E-state index contributed by atoms with van der Waals surface area (Å²) in [4.78, 5) is 12.0. The summed E-state index contributed by atoms with van der Waals surface area (Å²) in [6.45, 7) is 0. The van der Waals surface area contributed by atoms with E-state index < -0.39 is 26.5 Å². The largest absolute Gasteiger partial charge is 0.504 e. The number of nitrogens with zero attached hydrogens (tertiary/aromatic N) is 3. The summed E-state index contributed by atoms with van der Waals surface area (Å²) in [5.41, 5.74) is 0. The topological polar surface area (TPSA) is 139 Å². The normalized spacial score (nSPS) is 12.3. The first-order valence-corrected chi connectivity index (χ1v) is 8.53. The molecule has 0 atom stereocenters. The maximum Gasteiger partial charge on any atom is 0.239 e. The third-order valence-corrected chi connectivity index (χ3v) is 4.95. The van der Waals surface area contributed by atoms with Gasteiger partial charge in [0, 0.05) is 11.1 Å². The van der Waals surface area contributed by atoms with Gasteiger partial charge in [0.25, 0.3) is 0 Å². The molecule has 3 rings (SSSR count). The molecule has 0 saturated carbocycles. The van der Waals surface area contributed by atoms with Crippen LogP contribution in [0, 0.1) is 0 Å². The van der Waals surface area contributed by atoms with Crippen LogP contribution in [0.5, 0.6) is 0 Å². The lowest BCUT2D eigenvalue weighted by molar-refractivity contribution is 0.101. The first-order chi connectivity index (χ1) is 11.9. The Morgan fingerprint density at radius 2 is 1.92 bits per heavy atom. The number of aromatic nitrogens is 4. The summed E-state index contributed by atoms with van der Waals surface area (Å²) in [5.74, 6) is -1.77. The highest BCUT2D eigenvalue weighted by molar-refractivity contribution is 7.91. The molecule has 0 saturated heterocycles. The Balaban J connectivity index is 1.88. The standard InChI is InChI=1S/C14H9ClN4O5S/c15-8-1-3-9(4-2-8)25(22,23)13-6-5-12(24-13)10(20)7-11(21)14-16-18-19-17-14/h1-7,21H,(H,16,17,18,19). The lowest BCUT2D eigenvalue weighted by Gasteiger charge is -2.01. The highest BCUT2D eigenvalue weighted by atomic mass is 35.5. The van der Waals surface area contributed by atoms with E-state index in [9.17, 15) is 18.3 Å². The Morgan fingerprint density at radius 1 is 1.20 bits per heavy atom. The molecule has 0 radical (unpaired) electrons. The van der Waals surface area contributed by atoms with E-state index in [1.807, 2.05) is 0 Å². The second-order valence-corrected chi connectivity index (χ2v) is 7.02. The number of aliphatic hydroxyl groups excluding tert-OH is 1. The van der Waals surface area contributed by atoms with E-state index in [0.29, 0.717) is 5.02 Å². The highest BCUT2D eigenvalue weighted by Crippen LogP contribution is 2.24. The van der Waals surface area contributed by atoms with E-state index in [1.165, 1.54) is 30.3 Å². The summed E-state index contributed by atoms with van der Waals surface area (Å²) < 4.78 is 30.0. The van der Waals surface area contributed by atoms with Crippen molar-refractivity contribution in [3.63, 3.8) is 0 Å². The van der Waals surface area contributed by atoms with Crippen molar-refractivity contribution in [2.24, 2.45) is 0 Å². The van der Waals surface area contributed by atoms with Gasteiger partial charge >= 0.3 is 0 Å². The fourth-order valence-corrected chi connectivity index (χ4v) is 3.16. The second kappa shape index (κ2) is 6.49. The molecule has 0 fully saturated rings. The van der Waals surface area contributed by atoms with Crippen molar-refractivity contribution in [3.8, 4) is 0 Å². The predicted octanol–water partition coefficient (Wildman–Crippen LogP) is 2.06. The number of rotatable bonds is 5. The first kappa shape index (κ1) is 16.9. The molecule has 0 unspecified atom stereocenters. The average molecular weight is 381 g/mol. The van der Waals surface area contributed by atoms with E-state index >= 15 is 0 Å². The highest BCUT2D eigenvalue weighted by Gasteiger charge is 2.23. The average Bonchev–Trinajstić information content (AvgIpc) is 3.27. The number of aromatic amines is 1. The van der Waals surface area contributed by atoms with Crippen LogP contribution in [0.4, 0.5) is 0 Å². The molecule has 0 aliphatic carbocycles. The van der Waals surface area contributed by atoms with Crippen LogP contribution >= 0.6 is 11.6 Å². The molecule has 3 aromatic rings. The maximum absolute atomic E-state index is 12.4. The number of tetrazole rings is 1. The van der Waals surface area contributed by atoms with Gasteiger partial charge in [-0.25, -0.2) is 8.42 Å². The predicted molar refractivity (Wildman–Crippen MR) is 84.7 cm³/mol. The van der Waals surface area contributed by atoms with Gasteiger partial charge in [-0.15, -0.1) is 10.2 Å². The van der Waals surface area contributed by atoms with Crippen LogP contribution < -0.4 is 0 Å². The van der Waals surface area contributed by atoms with Gasteiger partial charge in [0.1, 0.15) is 0 Å². The maximum atomic E-state index is 12.4. The van der Waals surface area contributed by atoms with Crippen molar-refractivity contribution in [1.29, 1.82) is 0 Å². The quantitative estimate of drug-likeness (QED) is 0.389. The lowest BCUT2D eigenvalue weighted by Crippen LogP contribution is -2.00. The molecular formula is C14H9ClN4O5S. The molecule has 2 heterocycles. The van der Waals surface area contributed by atoms with Gasteiger partial charge in [-0.1, -0.05) is 11.6 Å². The Labute approximate surface area is 145 Å². The van der Waals surface area contributed by atoms with Crippen molar-refractivity contribution in [2.45, 2.75) is 9.99 Å². The number of halogens is 1. The number of sulfone groups is 1. The van der Waals surface area contributed by atoms with E-state index in [4.69, 9.17) is 16.0 Å². The summed E-state index contributed by atoms with van der Waals surface area (Å²) in [7, 11) is -3.94. The van der Waals surface area contributed by atoms with Crippen LogP contribution in [0.1, 0.15) is 16.4 Å². The van der Waals surface area contributed by atoms with Crippen LogP contribution in [-0.4, -0.2) is 39.9 Å². The molecule has 128 valence electrons. The molecule has 11 heteroatoms. The summed E-state index contributed by atoms with van der Waals surface area (Å²) >= 11 is 5.73. The third kappa shape index (κ3) is 3.44. The van der Waals surface area contributed by atoms with Gasteiger partial charge in [-0.3, -0.25) is 4.79 Å². The number of aliphatic hydroxyl groups is 1. The Kier molecular flexibility index (Phi) is 4.38. The van der Waals surface area contributed by atoms with Crippen LogP contribution in [0.2, 0.25) is 5.02 Å². The molecular weight excluding hydrogens is 372 g/mol. The summed E-state index contributed by atoms with van der Waals surface area (Å²) in [5, 5.41) is 22.0. The van der Waals surface area contributed by atoms with Crippen molar-refractivity contribution in [1.82, 2.24) is 20.6 Å². The fourth-order valence-electron chi connectivity index (χ4n) is 1.86. The molecule has 9 nitrogen and oxygen atoms in total. The van der Waals surface area contributed by atoms with Crippen LogP contribution in [0.25, 0.3) is 5.76 Å². The first-order valence-electron chi connectivity index (χ1n) is 6.67. The van der Waals surface area contributed by atoms with Gasteiger partial charge in [0.15, 0.2) is 11.5 Å². The van der Waals surface area contributed by atoms with Crippen molar-refractivity contribution < 1.29 is 22.7 Å². The fraction of sp³-hybridized carbons (Fsp3) is 0. The van der Waals surface area contributed by atoms with Crippen molar-refractivity contribution >= 4 is 33.0 Å². The number of H-pyrrole nitrogens is 1. The lowest BCUT2D eigenvalue weighted by atomic mass is 10.2. The number of allylic oxidation sites excluding steroid dienone is 1. The molecule has 2 aromatic heterocycles. The van der Waals surface area contributed by atoms with E-state index in [1.54, 1.807) is 0 Å². The monoisotopic (exact) mass is 380 g/mol. The van der Waals surface area contributed by atoms with Crippen LogP contribution in [0.3, 0.4) is 0 Å². The number of carbonyl (C=O) groups excluding carboxylic acids is 1.